The number of hydrogen-bond donors (Lipinski definition) is 1. The molecule has 5 heterocycles. The van der Waals surface area contributed by atoms with E-state index >= 15 is 0 Å². The molecular weight excluding hydrogens is 584 g/mol. The Hall–Kier alpha value is -4.89. The molecule has 4 aromatic carbocycles. The van der Waals surface area contributed by atoms with Crippen LogP contribution in [0, 0.1) is 0 Å². The molecule has 1 N–H and O–H groups in total. The molecule has 46 heavy (non-hydrogen) atoms. The highest BCUT2D eigenvalue weighted by atomic mass is 16.7. The Morgan fingerprint density at radius 2 is 1.61 bits per heavy atom. The number of amides is 1. The zero-order valence-electron chi connectivity index (χ0n) is 26.2. The number of phenolic OH excluding ortho intramolecular Hbond substituents is 1. The number of nitrogens with zero attached hydrogens (tertiary/aromatic N) is 2. The Morgan fingerprint density at radius 3 is 2.41 bits per heavy atom. The predicted octanol–water partition coefficient (Wildman–Crippen LogP) is 6.49. The normalized spacial score (nSPS) is 19.8. The van der Waals surface area contributed by atoms with E-state index < -0.39 is 0 Å². The van der Waals surface area contributed by atoms with E-state index in [-0.39, 0.29) is 30.5 Å². The molecule has 0 aromatic heterocycles. The lowest BCUT2D eigenvalue weighted by molar-refractivity contribution is -0.131. The molecule has 0 saturated heterocycles. The van der Waals surface area contributed by atoms with Crippen molar-refractivity contribution in [2.45, 2.75) is 44.7 Å². The fourth-order valence-electron chi connectivity index (χ4n) is 7.37. The third-order valence-corrected chi connectivity index (χ3v) is 9.78. The highest BCUT2D eigenvalue weighted by Gasteiger charge is 2.35. The number of phenols is 1. The summed E-state index contributed by atoms with van der Waals surface area (Å²) in [4.78, 5) is 17.1. The lowest BCUT2D eigenvalue weighted by Gasteiger charge is -2.37. The third-order valence-electron chi connectivity index (χ3n) is 9.78. The molecule has 2 atom stereocenters. The number of likely N-dealkylation sites (N-methyl/N-ethyl adjacent to an activating group) is 1. The van der Waals surface area contributed by atoms with Gasteiger partial charge in [0.1, 0.15) is 5.75 Å². The second-order valence-electron chi connectivity index (χ2n) is 12.5. The van der Waals surface area contributed by atoms with Crippen LogP contribution < -0.4 is 23.7 Å². The van der Waals surface area contributed by atoms with Gasteiger partial charge in [0.15, 0.2) is 34.5 Å². The molecule has 0 radical (unpaired) electrons. The fraction of sp³-hybridized carbons (Fsp3) is 0.324. The van der Waals surface area contributed by atoms with Crippen molar-refractivity contribution in [2.75, 3.05) is 34.0 Å². The van der Waals surface area contributed by atoms with Crippen LogP contribution in [0.2, 0.25) is 0 Å². The van der Waals surface area contributed by atoms with Gasteiger partial charge < -0.3 is 33.7 Å². The molecule has 0 aliphatic carbocycles. The summed E-state index contributed by atoms with van der Waals surface area (Å²) in [6, 6.07) is 19.4. The van der Waals surface area contributed by atoms with Crippen LogP contribution in [0.4, 0.5) is 0 Å². The molecule has 4 aromatic rings. The zero-order chi connectivity index (χ0) is 31.5. The zero-order valence-corrected chi connectivity index (χ0v) is 26.2. The van der Waals surface area contributed by atoms with Gasteiger partial charge in [-0.15, -0.1) is 0 Å². The average Bonchev–Trinajstić information content (AvgIpc) is 3.53. The molecule has 236 valence electrons. The minimum Gasteiger partial charge on any atom is -0.504 e. The quantitative estimate of drug-likeness (QED) is 0.259. The number of carbonyl (C=O) groups is 1. The molecule has 1 amide bonds. The number of aromatic hydroxyl groups is 1. The van der Waals surface area contributed by atoms with Crippen molar-refractivity contribution in [3.63, 3.8) is 0 Å². The minimum absolute atomic E-state index is 0.0193. The van der Waals surface area contributed by atoms with Gasteiger partial charge in [-0.25, -0.2) is 0 Å². The highest BCUT2D eigenvalue weighted by Crippen LogP contribution is 2.52. The monoisotopic (exact) mass is 620 g/mol. The maximum atomic E-state index is 12.9. The first-order valence-corrected chi connectivity index (χ1v) is 15.8. The van der Waals surface area contributed by atoms with Crippen LogP contribution in [-0.2, 0) is 30.5 Å². The summed E-state index contributed by atoms with van der Waals surface area (Å²) >= 11 is 0. The Balaban J connectivity index is 1.31. The van der Waals surface area contributed by atoms with E-state index in [9.17, 15) is 9.90 Å². The molecule has 0 saturated carbocycles. The van der Waals surface area contributed by atoms with Gasteiger partial charge in [-0.1, -0.05) is 18.2 Å². The summed E-state index contributed by atoms with van der Waals surface area (Å²) in [5.41, 5.74) is 6.42. The lowest BCUT2D eigenvalue weighted by atomic mass is 9.87. The first kappa shape index (κ1) is 28.6. The number of methoxy groups -OCH3 is 1. The van der Waals surface area contributed by atoms with E-state index in [0.717, 1.165) is 40.8 Å². The molecule has 9 heteroatoms. The molecule has 2 unspecified atom stereocenters. The van der Waals surface area contributed by atoms with Crippen molar-refractivity contribution in [3.8, 4) is 46.0 Å². The van der Waals surface area contributed by atoms with E-state index in [0.29, 0.717) is 66.1 Å². The Kier molecular flexibility index (Phi) is 6.94. The summed E-state index contributed by atoms with van der Waals surface area (Å²) in [6.07, 6.45) is 2.82. The second kappa shape index (κ2) is 11.2. The predicted molar refractivity (Wildman–Crippen MR) is 171 cm³/mol. The number of ether oxygens (including phenoxy) is 5. The largest absolute Gasteiger partial charge is 0.504 e. The van der Waals surface area contributed by atoms with Crippen LogP contribution in [0.15, 0.2) is 60.7 Å². The molecule has 5 aliphatic heterocycles. The first-order chi connectivity index (χ1) is 22.4. The summed E-state index contributed by atoms with van der Waals surface area (Å²) in [7, 11) is 3.74. The average molecular weight is 621 g/mol. The standard InChI is InChI=1S/C37H36N2O7/c1-21(40)39-13-11-24-17-32(42-3)33-19-27(24)28(39)14-22-4-7-26(8-5-22)45-37-35-25(18-34-36(37)44-20-43-34)10-12-38(2)29(35)15-23-6-9-30(41)31(16-23)46-33/h4-9,16-19,28-29,41H,10-15,20H2,1-3H3. The molecular formula is C37H36N2O7. The van der Waals surface area contributed by atoms with Crippen LogP contribution >= 0.6 is 0 Å². The Morgan fingerprint density at radius 1 is 0.826 bits per heavy atom. The van der Waals surface area contributed by atoms with Crippen molar-refractivity contribution >= 4 is 5.91 Å². The molecule has 6 bridgehead atoms. The van der Waals surface area contributed by atoms with E-state index in [1.165, 1.54) is 5.56 Å². The highest BCUT2D eigenvalue weighted by molar-refractivity contribution is 5.74. The van der Waals surface area contributed by atoms with Crippen molar-refractivity contribution in [2.24, 2.45) is 0 Å². The lowest BCUT2D eigenvalue weighted by Crippen LogP contribution is -2.39. The number of rotatable bonds is 1. The molecule has 5 aliphatic rings. The Bertz CT molecular complexity index is 1850. The van der Waals surface area contributed by atoms with E-state index in [2.05, 4.69) is 30.1 Å². The third kappa shape index (κ3) is 4.86. The maximum absolute atomic E-state index is 12.9. The van der Waals surface area contributed by atoms with Crippen molar-refractivity contribution < 1.29 is 33.6 Å². The van der Waals surface area contributed by atoms with Gasteiger partial charge in [0.25, 0.3) is 0 Å². The van der Waals surface area contributed by atoms with Gasteiger partial charge in [0.2, 0.25) is 18.4 Å². The van der Waals surface area contributed by atoms with Gasteiger partial charge in [-0.2, -0.15) is 0 Å². The van der Waals surface area contributed by atoms with E-state index in [1.807, 2.05) is 41.3 Å². The molecule has 9 nitrogen and oxygen atoms in total. The smallest absolute Gasteiger partial charge is 0.231 e. The number of carbonyl (C=O) groups excluding carboxylic acids is 1. The van der Waals surface area contributed by atoms with Crippen molar-refractivity contribution in [1.82, 2.24) is 9.80 Å². The Labute approximate surface area is 267 Å². The van der Waals surface area contributed by atoms with Gasteiger partial charge in [0.05, 0.1) is 13.2 Å². The molecule has 0 fully saturated rings. The number of fused-ring (bicyclic) bond motifs is 3. The van der Waals surface area contributed by atoms with Gasteiger partial charge in [-0.05, 0) is 103 Å². The van der Waals surface area contributed by atoms with Crippen LogP contribution in [-0.4, -0.2) is 54.9 Å². The minimum atomic E-state index is -0.202. The van der Waals surface area contributed by atoms with Gasteiger partial charge in [0, 0.05) is 31.6 Å². The SMILES string of the molecule is COc1cc2c3cc1Oc1cc(ccc1O)CC1c4c(cc5c(c4Oc4ccc(cc4)CC3N(C(C)=O)CC2)OCO5)CCN1C. The van der Waals surface area contributed by atoms with Crippen LogP contribution in [0.5, 0.6) is 46.0 Å². The summed E-state index contributed by atoms with van der Waals surface area (Å²) < 4.78 is 30.8. The van der Waals surface area contributed by atoms with Gasteiger partial charge >= 0.3 is 0 Å². The first-order valence-electron chi connectivity index (χ1n) is 15.8. The van der Waals surface area contributed by atoms with Crippen molar-refractivity contribution in [1.29, 1.82) is 0 Å². The van der Waals surface area contributed by atoms with Crippen LogP contribution in [0.3, 0.4) is 0 Å². The number of hydrogen-bond acceptors (Lipinski definition) is 8. The summed E-state index contributed by atoms with van der Waals surface area (Å²) in [6.45, 7) is 3.25. The summed E-state index contributed by atoms with van der Waals surface area (Å²) in [5.74, 6) is 4.14. The van der Waals surface area contributed by atoms with Crippen LogP contribution in [0.25, 0.3) is 0 Å². The van der Waals surface area contributed by atoms with E-state index in [4.69, 9.17) is 23.7 Å². The fourth-order valence-corrected chi connectivity index (χ4v) is 7.37. The molecule has 0 spiro atoms. The number of benzene rings is 4. The van der Waals surface area contributed by atoms with Gasteiger partial charge in [-0.3, -0.25) is 9.69 Å². The maximum Gasteiger partial charge on any atom is 0.231 e. The van der Waals surface area contributed by atoms with E-state index in [1.54, 1.807) is 20.1 Å². The summed E-state index contributed by atoms with van der Waals surface area (Å²) in [5, 5.41) is 11.0. The topological polar surface area (TPSA) is 89.9 Å². The molecule has 9 rings (SSSR count). The second-order valence-corrected chi connectivity index (χ2v) is 12.5. The van der Waals surface area contributed by atoms with Crippen LogP contribution in [0.1, 0.15) is 52.4 Å². The van der Waals surface area contributed by atoms with Crippen molar-refractivity contribution in [3.05, 3.63) is 94.0 Å².